The Bertz CT molecular complexity index is 6090. The molecule has 0 unspecified atom stereocenters. The predicted octanol–water partition coefficient (Wildman–Crippen LogP) is 22.8. The summed E-state index contributed by atoms with van der Waals surface area (Å²) in [5, 5.41) is 70.1. The number of phenols is 4. The zero-order valence-corrected chi connectivity index (χ0v) is 74.8. The Morgan fingerprint density at radius 2 is 0.287 bits per heavy atom. The molecule has 4 nitrogen and oxygen atoms in total. The van der Waals surface area contributed by atoms with Gasteiger partial charge in [-0.15, -0.1) is 0 Å². The van der Waals surface area contributed by atoms with Gasteiger partial charge >= 0.3 is 0 Å². The Morgan fingerprint density at radius 1 is 0.131 bits per heavy atom. The molecule has 0 atom stereocenters. The zero-order valence-electron chi connectivity index (χ0n) is 66.3. The molecule has 0 aromatic heterocycles. The molecule has 1 aliphatic rings. The first-order valence-corrected chi connectivity index (χ1v) is 46.6. The van der Waals surface area contributed by atoms with Crippen molar-refractivity contribution in [2.24, 2.45) is 0 Å². The summed E-state index contributed by atoms with van der Waals surface area (Å²) in [4.78, 5) is 0. The molecule has 20 aromatic rings. The van der Waals surface area contributed by atoms with E-state index < -0.39 is 31.7 Å². The third-order valence-electron chi connectivity index (χ3n) is 23.0. The van der Waals surface area contributed by atoms with Gasteiger partial charge in [0, 0.05) is 86.6 Å². The molecule has 0 saturated heterocycles. The van der Waals surface area contributed by atoms with Crippen LogP contribution >= 0.6 is 31.7 Å². The van der Waals surface area contributed by atoms with Gasteiger partial charge in [-0.3, -0.25) is 0 Å². The molecule has 0 amide bonds. The molecule has 0 bridgehead atoms. The van der Waals surface area contributed by atoms with E-state index >= 15 is 0 Å². The second-order valence-electron chi connectivity index (χ2n) is 30.1. The average molecular weight is 2010 g/mol. The minimum atomic E-state index is -1.37. The molecule has 4 N–H and O–H groups in total. The van der Waals surface area contributed by atoms with Crippen molar-refractivity contribution in [1.82, 2.24) is 0 Å². The van der Waals surface area contributed by atoms with Crippen molar-refractivity contribution in [3.63, 3.8) is 0 Å². The summed E-state index contributed by atoms with van der Waals surface area (Å²) < 4.78 is 0. The second-order valence-corrected chi connectivity index (χ2v) is 39.8. The number of hydrogen-bond donors (Lipinski definition) is 4. The summed E-state index contributed by atoms with van der Waals surface area (Å²) in [5.74, 6) is 0.104. The fourth-order valence-corrected chi connectivity index (χ4v) is 28.9. The van der Waals surface area contributed by atoms with Crippen LogP contribution in [-0.2, 0) is 42.1 Å². The Morgan fingerprint density at radius 3 is 0.459 bits per heavy atom. The molecule has 0 radical (unpaired) electrons. The van der Waals surface area contributed by atoms with Crippen molar-refractivity contribution in [1.29, 1.82) is 0 Å². The summed E-state index contributed by atoms with van der Waals surface area (Å²) in [6.45, 7) is 0. The maximum Gasteiger partial charge on any atom is 0.124 e. The van der Waals surface area contributed by atoms with Crippen LogP contribution in [0.1, 0.15) is 0 Å². The third-order valence-corrected chi connectivity index (χ3v) is 34.2. The van der Waals surface area contributed by atoms with Gasteiger partial charge in [0.25, 0.3) is 0 Å². The molecule has 0 fully saturated rings. The van der Waals surface area contributed by atoms with E-state index in [1.54, 1.807) is 48.5 Å². The Labute approximate surface area is 745 Å². The van der Waals surface area contributed by atoms with Crippen LogP contribution < -0.4 is 63.7 Å². The van der Waals surface area contributed by atoms with Crippen LogP contribution in [-0.4, -0.2) is 20.4 Å². The van der Waals surface area contributed by atoms with E-state index in [1.807, 2.05) is 24.3 Å². The Hall–Kier alpha value is -12.3. The Kier molecular flexibility index (Phi) is 25.1. The molecule has 592 valence electrons. The van der Waals surface area contributed by atoms with Crippen LogP contribution in [0.25, 0.3) is 110 Å². The maximum atomic E-state index is 10.7. The van der Waals surface area contributed by atoms with Gasteiger partial charge in [-0.1, -0.05) is 315 Å². The van der Waals surface area contributed by atoms with E-state index in [0.29, 0.717) is 44.5 Å². The first-order chi connectivity index (χ1) is 59.3. The van der Waals surface area contributed by atoms with Gasteiger partial charge in [-0.2, -0.15) is 0 Å². The van der Waals surface area contributed by atoms with E-state index in [1.165, 1.54) is 129 Å². The van der Waals surface area contributed by atoms with E-state index in [9.17, 15) is 20.4 Å². The van der Waals surface area contributed by atoms with Crippen molar-refractivity contribution >= 4 is 138 Å². The monoisotopic (exact) mass is 2010 g/mol. The standard InChI is InChI=1S/2C44H32P2.C24H16O4.2Pt/c2*1-5-19-35(20-6-1)45(36-21-7-2-8-22-36)41-31-29-33-17-13-15-27-39(33)43(41)44-40-28-16-14-18-34(40)30-32-42(44)46(37-23-9-3-10-24-37)38-25-11-4-12-26-38;25-17-9-1-5-13-14-6-2-10-18(26)22(14)24-16(8-4-12-20(24)28)15-7-3-11-19(27)23(15)21(13)17;;/h2*1-32H;1-12,25-28H;;/p+4. The molecule has 20 aromatic carbocycles. The zero-order chi connectivity index (χ0) is 80.8. The number of benzene rings is 20. The smallest absolute Gasteiger partial charge is 0.124 e. The number of phenolic OH excluding ortho intramolecular Hbond substituents is 4. The van der Waals surface area contributed by atoms with Gasteiger partial charge < -0.3 is 20.4 Å². The molecule has 10 heteroatoms. The first kappa shape index (κ1) is 82.1. The van der Waals surface area contributed by atoms with Crippen LogP contribution in [0.2, 0.25) is 0 Å². The van der Waals surface area contributed by atoms with Gasteiger partial charge in [0.05, 0.1) is 31.7 Å². The molecule has 21 rings (SSSR count). The van der Waals surface area contributed by atoms with E-state index in [2.05, 4.69) is 388 Å². The molecule has 1 aliphatic carbocycles. The number of fused-ring (bicyclic) bond motifs is 12. The number of aromatic hydroxyl groups is 4. The van der Waals surface area contributed by atoms with Crippen molar-refractivity contribution < 1.29 is 62.6 Å². The van der Waals surface area contributed by atoms with Crippen molar-refractivity contribution in [2.45, 2.75) is 0 Å². The predicted molar refractivity (Wildman–Crippen MR) is 523 cm³/mol. The minimum Gasteiger partial charge on any atom is -0.507 e. The fraction of sp³-hybridized carbons (Fsp3) is 0. The maximum absolute atomic E-state index is 10.7. The van der Waals surface area contributed by atoms with Gasteiger partial charge in [0.2, 0.25) is 0 Å². The summed E-state index contributed by atoms with van der Waals surface area (Å²) in [5.41, 5.74) is 10.1. The summed E-state index contributed by atoms with van der Waals surface area (Å²) in [7, 11) is -5.48. The number of rotatable bonds is 14. The molecular formula is C112H84O4P4Pt2+4. The average Bonchev–Trinajstić information content (AvgIpc) is 0.747. The van der Waals surface area contributed by atoms with Crippen molar-refractivity contribution in [3.05, 3.63) is 461 Å². The van der Waals surface area contributed by atoms with Crippen LogP contribution in [0.4, 0.5) is 0 Å². The summed E-state index contributed by atoms with van der Waals surface area (Å²) in [6.07, 6.45) is 0. The molecule has 0 spiro atoms. The van der Waals surface area contributed by atoms with Gasteiger partial charge in [0.15, 0.2) is 0 Å². The van der Waals surface area contributed by atoms with E-state index in [-0.39, 0.29) is 65.1 Å². The SMILES string of the molecule is Oc1cccc2c1-c1c(O)cccc1-c1cccc(O)c1-c1c(O)cccc1-2.[Pt].[Pt].c1ccc([PH+](c2ccccc2)c2ccc3ccccc3c2-c2c([PH+](c3ccccc3)c3ccccc3)ccc3ccccc23)cc1.c1ccc([PH+](c2ccccc2)c2ccc3ccccc3c2-c2c([PH+](c3ccccc3)c3ccccc3)ccc3ccccc23)cc1. The van der Waals surface area contributed by atoms with E-state index in [0.717, 1.165) is 0 Å². The molecular weight excluding hydrogens is 1920 g/mol. The number of hydrogen-bond acceptors (Lipinski definition) is 4. The molecule has 122 heavy (non-hydrogen) atoms. The molecule has 0 aliphatic heterocycles. The quantitative estimate of drug-likeness (QED) is 0.0818. The summed E-state index contributed by atoms with van der Waals surface area (Å²) >= 11 is 0. The van der Waals surface area contributed by atoms with E-state index in [4.69, 9.17) is 0 Å². The van der Waals surface area contributed by atoms with Crippen molar-refractivity contribution in [3.8, 4) is 89.8 Å². The van der Waals surface area contributed by atoms with Crippen molar-refractivity contribution in [2.75, 3.05) is 0 Å². The second kappa shape index (κ2) is 37.4. The largest absolute Gasteiger partial charge is 0.507 e. The Balaban J connectivity index is 0.000000133. The van der Waals surface area contributed by atoms with Gasteiger partial charge in [-0.25, -0.2) is 0 Å². The van der Waals surface area contributed by atoms with Crippen LogP contribution in [0, 0.1) is 0 Å². The van der Waals surface area contributed by atoms with Crippen LogP contribution in [0.15, 0.2) is 461 Å². The van der Waals surface area contributed by atoms with Crippen LogP contribution in [0.3, 0.4) is 0 Å². The normalized spacial score (nSPS) is 11.2. The third kappa shape index (κ3) is 16.1. The minimum absolute atomic E-state index is 0. The summed E-state index contributed by atoms with van der Waals surface area (Å²) in [6, 6.07) is 165. The van der Waals surface area contributed by atoms with Gasteiger partial charge in [-0.05, 0) is 211 Å². The molecule has 0 heterocycles. The molecule has 0 saturated carbocycles. The van der Waals surface area contributed by atoms with Gasteiger partial charge in [0.1, 0.15) is 86.7 Å². The fourth-order valence-electron chi connectivity index (χ4n) is 17.9. The van der Waals surface area contributed by atoms with Crippen LogP contribution in [0.5, 0.6) is 23.0 Å². The topological polar surface area (TPSA) is 80.9 Å². The first-order valence-electron chi connectivity index (χ1n) is 40.6.